The largest absolute Gasteiger partial charge is 0.451 e. The molecule has 2 heterocycles. The molecule has 30 heavy (non-hydrogen) atoms. The minimum Gasteiger partial charge on any atom is -0.451 e. The molecule has 1 fully saturated rings. The third-order valence-corrected chi connectivity index (χ3v) is 7.38. The van der Waals surface area contributed by atoms with Crippen molar-refractivity contribution in [3.63, 3.8) is 0 Å². The fourth-order valence-electron chi connectivity index (χ4n) is 3.41. The maximum absolute atomic E-state index is 12.9. The van der Waals surface area contributed by atoms with Gasteiger partial charge in [-0.25, -0.2) is 8.42 Å². The van der Waals surface area contributed by atoms with Gasteiger partial charge in [-0.2, -0.15) is 4.31 Å². The third-order valence-electron chi connectivity index (χ3n) is 5.12. The number of fused-ring (bicyclic) bond motifs is 1. The highest BCUT2D eigenvalue weighted by molar-refractivity contribution is 7.89. The van der Waals surface area contributed by atoms with Gasteiger partial charge in [-0.05, 0) is 36.8 Å². The minimum atomic E-state index is -3.64. The van der Waals surface area contributed by atoms with Crippen molar-refractivity contribution in [2.75, 3.05) is 26.3 Å². The van der Waals surface area contributed by atoms with Crippen LogP contribution in [0, 0.1) is 6.92 Å². The molecule has 0 bridgehead atoms. The number of halogens is 1. The topological polar surface area (TPSA) is 88.8 Å². The fourth-order valence-corrected chi connectivity index (χ4v) is 5.05. The van der Waals surface area contributed by atoms with Crippen molar-refractivity contribution >= 4 is 38.5 Å². The summed E-state index contributed by atoms with van der Waals surface area (Å²) >= 11 is 6.13. The highest BCUT2D eigenvalue weighted by Gasteiger charge is 2.27. The standard InChI is InChI=1S/C21H21ClN2O5S/c1-14-17-12-16(30(26,27)24-8-10-28-11-9-24)6-7-19(17)29-20(14)21(25)23-13-15-4-2-3-5-18(15)22/h2-7,12H,8-11,13H2,1H3,(H,23,25). The Kier molecular flexibility index (Phi) is 5.84. The number of ether oxygens (including phenoxy) is 1. The normalized spacial score (nSPS) is 15.4. The van der Waals surface area contributed by atoms with Gasteiger partial charge in [0.1, 0.15) is 5.58 Å². The van der Waals surface area contributed by atoms with Crippen LogP contribution in [0.25, 0.3) is 11.0 Å². The van der Waals surface area contributed by atoms with E-state index in [-0.39, 0.29) is 23.1 Å². The molecule has 0 saturated carbocycles. The summed E-state index contributed by atoms with van der Waals surface area (Å²) in [5.74, 6) is -0.237. The molecule has 0 atom stereocenters. The first-order valence-electron chi connectivity index (χ1n) is 9.50. The van der Waals surface area contributed by atoms with Crippen LogP contribution in [0.4, 0.5) is 0 Å². The summed E-state index contributed by atoms with van der Waals surface area (Å²) < 4.78 is 38.2. The van der Waals surface area contributed by atoms with Crippen LogP contribution in [0.5, 0.6) is 0 Å². The number of sulfonamides is 1. The van der Waals surface area contributed by atoms with Crippen molar-refractivity contribution in [1.82, 2.24) is 9.62 Å². The van der Waals surface area contributed by atoms with Crippen LogP contribution in [-0.2, 0) is 21.3 Å². The Bertz CT molecular complexity index is 1200. The highest BCUT2D eigenvalue weighted by Crippen LogP contribution is 2.29. The first-order valence-corrected chi connectivity index (χ1v) is 11.3. The van der Waals surface area contributed by atoms with E-state index in [1.807, 2.05) is 18.2 Å². The molecule has 0 radical (unpaired) electrons. The molecule has 0 spiro atoms. The second-order valence-corrected chi connectivity index (χ2v) is 9.35. The molecule has 1 aliphatic rings. The summed E-state index contributed by atoms with van der Waals surface area (Å²) in [5, 5.41) is 3.95. The smallest absolute Gasteiger partial charge is 0.287 e. The lowest BCUT2D eigenvalue weighted by Gasteiger charge is -2.26. The molecule has 3 aromatic rings. The minimum absolute atomic E-state index is 0.151. The summed E-state index contributed by atoms with van der Waals surface area (Å²) in [6, 6.07) is 11.9. The van der Waals surface area contributed by atoms with Gasteiger partial charge in [0.05, 0.1) is 18.1 Å². The Hall–Kier alpha value is -2.39. The lowest BCUT2D eigenvalue weighted by Crippen LogP contribution is -2.40. The van der Waals surface area contributed by atoms with Crippen LogP contribution in [-0.4, -0.2) is 44.9 Å². The molecular weight excluding hydrogens is 428 g/mol. The van der Waals surface area contributed by atoms with Gasteiger partial charge >= 0.3 is 0 Å². The predicted molar refractivity (Wildman–Crippen MR) is 113 cm³/mol. The van der Waals surface area contributed by atoms with Crippen molar-refractivity contribution in [2.45, 2.75) is 18.4 Å². The maximum Gasteiger partial charge on any atom is 0.287 e. The van der Waals surface area contributed by atoms with Crippen molar-refractivity contribution in [3.05, 3.63) is 64.4 Å². The number of nitrogens with zero attached hydrogens (tertiary/aromatic N) is 1. The monoisotopic (exact) mass is 448 g/mol. The number of carbonyl (C=O) groups is 1. The van der Waals surface area contributed by atoms with Gasteiger partial charge < -0.3 is 14.5 Å². The van der Waals surface area contributed by atoms with E-state index in [1.165, 1.54) is 10.4 Å². The molecule has 1 aliphatic heterocycles. The molecule has 4 rings (SSSR count). The number of furan rings is 1. The van der Waals surface area contributed by atoms with E-state index in [9.17, 15) is 13.2 Å². The van der Waals surface area contributed by atoms with E-state index in [0.717, 1.165) is 5.56 Å². The van der Waals surface area contributed by atoms with Gasteiger partial charge in [0.15, 0.2) is 5.76 Å². The third kappa shape index (κ3) is 3.96. The molecule has 7 nitrogen and oxygen atoms in total. The van der Waals surface area contributed by atoms with Gasteiger partial charge in [0, 0.05) is 35.6 Å². The van der Waals surface area contributed by atoms with Crippen molar-refractivity contribution < 1.29 is 22.4 Å². The number of hydrogen-bond donors (Lipinski definition) is 1. The number of morpholine rings is 1. The molecule has 2 aromatic carbocycles. The zero-order chi connectivity index (χ0) is 21.3. The molecule has 0 aliphatic carbocycles. The Morgan fingerprint density at radius 3 is 2.63 bits per heavy atom. The molecule has 158 valence electrons. The lowest BCUT2D eigenvalue weighted by atomic mass is 10.1. The number of amides is 1. The molecule has 1 amide bonds. The Labute approximate surface area is 179 Å². The van der Waals surface area contributed by atoms with Crippen LogP contribution in [0.2, 0.25) is 5.02 Å². The summed E-state index contributed by atoms with van der Waals surface area (Å²) in [5.41, 5.74) is 1.83. The van der Waals surface area contributed by atoms with Gasteiger partial charge in [-0.15, -0.1) is 0 Å². The van der Waals surface area contributed by atoms with Crippen molar-refractivity contribution in [2.24, 2.45) is 0 Å². The first kappa shape index (κ1) is 20.9. The maximum atomic E-state index is 12.9. The van der Waals surface area contributed by atoms with Gasteiger partial charge in [-0.1, -0.05) is 29.8 Å². The van der Waals surface area contributed by atoms with E-state index >= 15 is 0 Å². The quantitative estimate of drug-likeness (QED) is 0.646. The molecular formula is C21H21ClN2O5S. The molecule has 1 saturated heterocycles. The summed E-state index contributed by atoms with van der Waals surface area (Å²) in [6.07, 6.45) is 0. The lowest BCUT2D eigenvalue weighted by molar-refractivity contribution is 0.0730. The van der Waals surface area contributed by atoms with Crippen molar-refractivity contribution in [3.8, 4) is 0 Å². The van der Waals surface area contributed by atoms with Crippen LogP contribution >= 0.6 is 11.6 Å². The van der Waals surface area contributed by atoms with Crippen LogP contribution in [0.15, 0.2) is 51.8 Å². The van der Waals surface area contributed by atoms with Gasteiger partial charge in [-0.3, -0.25) is 4.79 Å². The fraction of sp³-hybridized carbons (Fsp3) is 0.286. The van der Waals surface area contributed by atoms with Gasteiger partial charge in [0.25, 0.3) is 5.91 Å². The Balaban J connectivity index is 1.59. The second kappa shape index (κ2) is 8.39. The summed E-state index contributed by atoms with van der Waals surface area (Å²) in [7, 11) is -3.64. The number of benzene rings is 2. The average molecular weight is 449 g/mol. The number of carbonyl (C=O) groups excluding carboxylic acids is 1. The SMILES string of the molecule is Cc1c(C(=O)NCc2ccccc2Cl)oc2ccc(S(=O)(=O)N3CCOCC3)cc12. The summed E-state index contributed by atoms with van der Waals surface area (Å²) in [4.78, 5) is 12.8. The summed E-state index contributed by atoms with van der Waals surface area (Å²) in [6.45, 7) is 3.39. The zero-order valence-corrected chi connectivity index (χ0v) is 17.9. The van der Waals surface area contributed by atoms with Crippen LogP contribution in [0.1, 0.15) is 21.7 Å². The second-order valence-electron chi connectivity index (χ2n) is 7.00. The number of rotatable bonds is 5. The molecule has 1 N–H and O–H groups in total. The zero-order valence-electron chi connectivity index (χ0n) is 16.4. The molecule has 9 heteroatoms. The first-order chi connectivity index (χ1) is 14.4. The van der Waals surface area contributed by atoms with Crippen LogP contribution < -0.4 is 5.32 Å². The highest BCUT2D eigenvalue weighted by atomic mass is 35.5. The number of nitrogens with one attached hydrogen (secondary N) is 1. The van der Waals surface area contributed by atoms with Crippen LogP contribution in [0.3, 0.4) is 0 Å². The van der Waals surface area contributed by atoms with E-state index in [4.69, 9.17) is 20.8 Å². The Morgan fingerprint density at radius 1 is 1.17 bits per heavy atom. The molecule has 0 unspecified atom stereocenters. The number of hydrogen-bond acceptors (Lipinski definition) is 5. The predicted octanol–water partition coefficient (Wildman–Crippen LogP) is 3.35. The van der Waals surface area contributed by atoms with E-state index < -0.39 is 10.0 Å². The molecule has 1 aromatic heterocycles. The average Bonchev–Trinajstić information content (AvgIpc) is 3.09. The Morgan fingerprint density at radius 2 is 1.90 bits per heavy atom. The number of aryl methyl sites for hydroxylation is 1. The van der Waals surface area contributed by atoms with E-state index in [2.05, 4.69) is 5.32 Å². The van der Waals surface area contributed by atoms with Gasteiger partial charge in [0.2, 0.25) is 10.0 Å². The van der Waals surface area contributed by atoms with E-state index in [1.54, 1.807) is 25.1 Å². The van der Waals surface area contributed by atoms with E-state index in [0.29, 0.717) is 47.9 Å². The van der Waals surface area contributed by atoms with Crippen molar-refractivity contribution in [1.29, 1.82) is 0 Å².